The molecule has 2 fully saturated rings. The first-order chi connectivity index (χ1) is 10.1. The molecule has 0 aromatic rings. The maximum Gasteiger partial charge on any atom is 0.234 e. The molecule has 0 spiro atoms. The zero-order valence-corrected chi connectivity index (χ0v) is 13.3. The molecule has 7 heteroatoms. The van der Waals surface area contributed by atoms with E-state index in [1.165, 1.54) is 0 Å². The van der Waals surface area contributed by atoms with E-state index in [-0.39, 0.29) is 17.8 Å². The van der Waals surface area contributed by atoms with Crippen LogP contribution in [0.4, 0.5) is 0 Å². The number of carbonyl (C=O) groups excluding carboxylic acids is 1. The maximum atomic E-state index is 12.7. The Kier molecular flexibility index (Phi) is 5.75. The summed E-state index contributed by atoms with van der Waals surface area (Å²) in [6, 6.07) is 0.202. The van der Waals surface area contributed by atoms with E-state index in [0.717, 1.165) is 25.0 Å². The summed E-state index contributed by atoms with van der Waals surface area (Å²) in [4.78, 5) is 12.7. The minimum Gasteiger partial charge on any atom is -0.409 e. The normalized spacial score (nSPS) is 29.3. The Bertz CT molecular complexity index is 397. The summed E-state index contributed by atoms with van der Waals surface area (Å²) in [6.45, 7) is 3.08. The van der Waals surface area contributed by atoms with Crippen molar-refractivity contribution in [1.82, 2.24) is 5.32 Å². The molecule has 120 valence electrons. The smallest absolute Gasteiger partial charge is 0.234 e. The van der Waals surface area contributed by atoms with Crippen LogP contribution in [0, 0.1) is 5.41 Å². The fourth-order valence-electron chi connectivity index (χ4n) is 3.20. The number of thioether (sulfide) groups is 1. The topological polar surface area (TPSA) is 96.9 Å². The Morgan fingerprint density at radius 1 is 1.48 bits per heavy atom. The van der Waals surface area contributed by atoms with Crippen molar-refractivity contribution in [1.29, 1.82) is 0 Å². The third-order valence-electron chi connectivity index (χ3n) is 4.50. The third kappa shape index (κ3) is 3.63. The predicted molar refractivity (Wildman–Crippen MR) is 83.6 cm³/mol. The Labute approximate surface area is 129 Å². The molecular weight excluding hydrogens is 290 g/mol. The number of nitrogens with one attached hydrogen (secondary N) is 1. The van der Waals surface area contributed by atoms with Gasteiger partial charge < -0.3 is 21.0 Å². The van der Waals surface area contributed by atoms with Gasteiger partial charge in [-0.05, 0) is 37.9 Å². The van der Waals surface area contributed by atoms with E-state index in [4.69, 9.17) is 15.7 Å². The molecular formula is C14H25N3O3S. The average Bonchev–Trinajstić information content (AvgIpc) is 2.94. The highest BCUT2D eigenvalue weighted by atomic mass is 32.2. The van der Waals surface area contributed by atoms with E-state index in [1.54, 1.807) is 0 Å². The number of amidine groups is 1. The summed E-state index contributed by atoms with van der Waals surface area (Å²) in [6.07, 6.45) is 4.09. The lowest BCUT2D eigenvalue weighted by Gasteiger charge is -2.35. The maximum absolute atomic E-state index is 12.7. The number of oxime groups is 1. The number of hydrogen-bond donors (Lipinski definition) is 3. The lowest BCUT2D eigenvalue weighted by atomic mass is 9.78. The number of amides is 1. The molecule has 0 radical (unpaired) electrons. The second kappa shape index (κ2) is 7.35. The largest absolute Gasteiger partial charge is 0.409 e. The van der Waals surface area contributed by atoms with Crippen molar-refractivity contribution in [2.75, 3.05) is 19.0 Å². The van der Waals surface area contributed by atoms with Crippen LogP contribution in [0.3, 0.4) is 0 Å². The Balaban J connectivity index is 1.99. The number of nitrogens with two attached hydrogens (primary N) is 1. The van der Waals surface area contributed by atoms with Gasteiger partial charge in [-0.3, -0.25) is 4.79 Å². The quantitative estimate of drug-likeness (QED) is 0.308. The molecule has 1 saturated heterocycles. The van der Waals surface area contributed by atoms with E-state index in [9.17, 15) is 4.79 Å². The van der Waals surface area contributed by atoms with E-state index in [0.29, 0.717) is 31.3 Å². The number of carbonyl (C=O) groups is 1. The summed E-state index contributed by atoms with van der Waals surface area (Å²) in [5.74, 6) is 0.991. The van der Waals surface area contributed by atoms with Crippen molar-refractivity contribution in [2.45, 2.75) is 50.3 Å². The predicted octanol–water partition coefficient (Wildman–Crippen LogP) is 1.32. The summed E-state index contributed by atoms with van der Waals surface area (Å²) in [7, 11) is 0. The lowest BCUT2D eigenvalue weighted by molar-refractivity contribution is -0.132. The highest BCUT2D eigenvalue weighted by Crippen LogP contribution is 2.34. The molecule has 6 nitrogen and oxygen atoms in total. The minimum absolute atomic E-state index is 0.000722. The van der Waals surface area contributed by atoms with Gasteiger partial charge in [0.05, 0.1) is 0 Å². The molecule has 1 heterocycles. The molecule has 21 heavy (non-hydrogen) atoms. The Hall–Kier alpha value is -0.950. The Morgan fingerprint density at radius 2 is 2.19 bits per heavy atom. The second-order valence-corrected chi connectivity index (χ2v) is 7.32. The number of ether oxygens (including phenoxy) is 1. The van der Waals surface area contributed by atoms with Crippen LogP contribution in [0.2, 0.25) is 0 Å². The summed E-state index contributed by atoms with van der Waals surface area (Å²) in [5, 5.41) is 15.9. The molecule has 2 unspecified atom stereocenters. The van der Waals surface area contributed by atoms with Crippen molar-refractivity contribution in [2.24, 2.45) is 16.3 Å². The van der Waals surface area contributed by atoms with Crippen LogP contribution in [-0.2, 0) is 9.53 Å². The summed E-state index contributed by atoms with van der Waals surface area (Å²) in [5.41, 5.74) is 4.90. The first kappa shape index (κ1) is 16.4. The van der Waals surface area contributed by atoms with E-state index >= 15 is 0 Å². The van der Waals surface area contributed by atoms with Crippen molar-refractivity contribution in [3.63, 3.8) is 0 Å². The number of hydrogen-bond acceptors (Lipinski definition) is 5. The first-order valence-corrected chi connectivity index (χ1v) is 8.65. The average molecular weight is 315 g/mol. The molecule has 1 aliphatic heterocycles. The number of rotatable bonds is 5. The van der Waals surface area contributed by atoms with Gasteiger partial charge in [-0.25, -0.2) is 0 Å². The molecule has 0 aromatic heterocycles. The van der Waals surface area contributed by atoms with Crippen LogP contribution in [0.15, 0.2) is 5.16 Å². The standard InChI is InChI=1S/C14H25N3O3S/c1-2-21-11-4-3-10(9-11)16-13(18)14(12(15)17-19)5-7-20-8-6-14/h10-11,19H,2-9H2,1H3,(H2,15,17)(H,16,18). The van der Waals surface area contributed by atoms with Crippen molar-refractivity contribution in [3.05, 3.63) is 0 Å². The van der Waals surface area contributed by atoms with Gasteiger partial charge in [0.25, 0.3) is 0 Å². The Morgan fingerprint density at radius 3 is 2.81 bits per heavy atom. The zero-order chi connectivity index (χ0) is 15.3. The van der Waals surface area contributed by atoms with Crippen LogP contribution in [0.5, 0.6) is 0 Å². The van der Waals surface area contributed by atoms with Crippen LogP contribution < -0.4 is 11.1 Å². The highest BCUT2D eigenvalue weighted by molar-refractivity contribution is 7.99. The summed E-state index contributed by atoms with van der Waals surface area (Å²) < 4.78 is 5.31. The molecule has 1 aliphatic carbocycles. The first-order valence-electron chi connectivity index (χ1n) is 7.60. The summed E-state index contributed by atoms with van der Waals surface area (Å²) >= 11 is 1.96. The number of nitrogens with zero attached hydrogens (tertiary/aromatic N) is 1. The molecule has 1 saturated carbocycles. The van der Waals surface area contributed by atoms with Gasteiger partial charge in [-0.2, -0.15) is 11.8 Å². The van der Waals surface area contributed by atoms with Gasteiger partial charge in [0, 0.05) is 24.5 Å². The van der Waals surface area contributed by atoms with Gasteiger partial charge in [0.2, 0.25) is 5.91 Å². The van der Waals surface area contributed by atoms with Gasteiger partial charge in [-0.15, -0.1) is 0 Å². The van der Waals surface area contributed by atoms with Crippen LogP contribution in [-0.4, -0.2) is 47.2 Å². The fraction of sp³-hybridized carbons (Fsp3) is 0.857. The van der Waals surface area contributed by atoms with Crippen LogP contribution >= 0.6 is 11.8 Å². The van der Waals surface area contributed by atoms with E-state index in [2.05, 4.69) is 17.4 Å². The molecule has 2 atom stereocenters. The second-order valence-electron chi connectivity index (χ2n) is 5.74. The van der Waals surface area contributed by atoms with Gasteiger partial charge in [-0.1, -0.05) is 12.1 Å². The molecule has 2 aliphatic rings. The van der Waals surface area contributed by atoms with Gasteiger partial charge in [0.15, 0.2) is 5.84 Å². The molecule has 2 rings (SSSR count). The molecule has 4 N–H and O–H groups in total. The fourth-order valence-corrected chi connectivity index (χ4v) is 4.34. The third-order valence-corrected chi connectivity index (χ3v) is 5.73. The lowest BCUT2D eigenvalue weighted by Crippen LogP contribution is -2.54. The zero-order valence-electron chi connectivity index (χ0n) is 12.5. The highest BCUT2D eigenvalue weighted by Gasteiger charge is 2.45. The van der Waals surface area contributed by atoms with Crippen molar-refractivity contribution >= 4 is 23.5 Å². The van der Waals surface area contributed by atoms with Crippen molar-refractivity contribution < 1.29 is 14.7 Å². The SMILES string of the molecule is CCSC1CCC(NC(=O)C2(C(N)=NO)CCOCC2)C1. The van der Waals surface area contributed by atoms with Gasteiger partial charge >= 0.3 is 0 Å². The molecule has 0 aromatic carbocycles. The van der Waals surface area contributed by atoms with Crippen LogP contribution in [0.1, 0.15) is 39.0 Å². The molecule has 0 bridgehead atoms. The minimum atomic E-state index is -0.914. The van der Waals surface area contributed by atoms with Crippen LogP contribution in [0.25, 0.3) is 0 Å². The van der Waals surface area contributed by atoms with Gasteiger partial charge in [0.1, 0.15) is 5.41 Å². The molecule has 1 amide bonds. The van der Waals surface area contributed by atoms with Crippen molar-refractivity contribution in [3.8, 4) is 0 Å². The monoisotopic (exact) mass is 315 g/mol. The van der Waals surface area contributed by atoms with E-state index in [1.807, 2.05) is 11.8 Å². The van der Waals surface area contributed by atoms with E-state index < -0.39 is 5.41 Å².